The molecule has 2 aliphatic rings. The van der Waals surface area contributed by atoms with Crippen molar-refractivity contribution in [2.75, 3.05) is 13.2 Å². The fourth-order valence-corrected chi connectivity index (χ4v) is 2.09. The quantitative estimate of drug-likeness (QED) is 0.560. The van der Waals surface area contributed by atoms with Gasteiger partial charge in [0, 0.05) is 5.56 Å². The summed E-state index contributed by atoms with van der Waals surface area (Å²) in [5, 5.41) is 0. The lowest BCUT2D eigenvalue weighted by molar-refractivity contribution is 0.169. The van der Waals surface area contributed by atoms with Crippen molar-refractivity contribution in [3.05, 3.63) is 23.8 Å². The van der Waals surface area contributed by atoms with Gasteiger partial charge in [0.1, 0.15) is 18.8 Å². The lowest BCUT2D eigenvalue weighted by Gasteiger charge is -2.22. The summed E-state index contributed by atoms with van der Waals surface area (Å²) < 4.78 is 11.1. The summed E-state index contributed by atoms with van der Waals surface area (Å²) in [6.45, 7) is 1.12. The minimum atomic E-state index is -0.395. The molecular formula is C12H11NO3. The van der Waals surface area contributed by atoms with Crippen LogP contribution in [0.1, 0.15) is 18.4 Å². The van der Waals surface area contributed by atoms with Crippen LogP contribution in [-0.4, -0.2) is 19.3 Å². The molecule has 82 valence electrons. The molecule has 1 fully saturated rings. The van der Waals surface area contributed by atoms with E-state index < -0.39 is 5.54 Å². The molecule has 0 amide bonds. The van der Waals surface area contributed by atoms with Gasteiger partial charge in [-0.1, -0.05) is 12.1 Å². The van der Waals surface area contributed by atoms with E-state index in [0.29, 0.717) is 13.2 Å². The standard InChI is InChI=1S/C12H11NO3/c14-8-13-12(4-5-12)9-2-1-3-10-11(9)16-7-6-15-10/h1-3H,4-7H2. The normalized spacial score (nSPS) is 19.8. The predicted octanol–water partition coefficient (Wildman–Crippen LogP) is 1.78. The van der Waals surface area contributed by atoms with Gasteiger partial charge >= 0.3 is 0 Å². The smallest absolute Gasteiger partial charge is 0.235 e. The molecule has 3 rings (SSSR count). The monoisotopic (exact) mass is 217 g/mol. The number of rotatable bonds is 2. The Hall–Kier alpha value is -1.80. The molecule has 4 nitrogen and oxygen atoms in total. The van der Waals surface area contributed by atoms with Crippen LogP contribution in [0.2, 0.25) is 0 Å². The van der Waals surface area contributed by atoms with E-state index in [4.69, 9.17) is 9.47 Å². The second-order valence-electron chi connectivity index (χ2n) is 4.06. The molecular weight excluding hydrogens is 206 g/mol. The molecule has 1 aliphatic carbocycles. The highest BCUT2D eigenvalue weighted by molar-refractivity contribution is 5.54. The second-order valence-corrected chi connectivity index (χ2v) is 4.06. The van der Waals surface area contributed by atoms with Gasteiger partial charge in [-0.25, -0.2) is 4.79 Å². The minimum Gasteiger partial charge on any atom is -0.486 e. The third-order valence-corrected chi connectivity index (χ3v) is 3.05. The van der Waals surface area contributed by atoms with Gasteiger partial charge in [-0.05, 0) is 18.9 Å². The van der Waals surface area contributed by atoms with Gasteiger partial charge < -0.3 is 9.47 Å². The first-order valence-corrected chi connectivity index (χ1v) is 5.34. The molecule has 16 heavy (non-hydrogen) atoms. The van der Waals surface area contributed by atoms with E-state index in [1.807, 2.05) is 18.2 Å². The van der Waals surface area contributed by atoms with E-state index in [2.05, 4.69) is 4.99 Å². The third-order valence-electron chi connectivity index (χ3n) is 3.05. The van der Waals surface area contributed by atoms with Crippen LogP contribution < -0.4 is 9.47 Å². The van der Waals surface area contributed by atoms with E-state index in [1.54, 1.807) is 6.08 Å². The number of ether oxygens (including phenoxy) is 2. The van der Waals surface area contributed by atoms with Crippen LogP contribution in [-0.2, 0) is 10.3 Å². The number of nitrogens with zero attached hydrogens (tertiary/aromatic N) is 1. The number of benzene rings is 1. The Morgan fingerprint density at radius 1 is 1.25 bits per heavy atom. The van der Waals surface area contributed by atoms with Crippen LogP contribution in [0, 0.1) is 0 Å². The zero-order chi connectivity index (χ0) is 11.0. The van der Waals surface area contributed by atoms with Gasteiger partial charge in [0.2, 0.25) is 6.08 Å². The molecule has 1 aromatic carbocycles. The average molecular weight is 217 g/mol. The zero-order valence-electron chi connectivity index (χ0n) is 8.73. The summed E-state index contributed by atoms with van der Waals surface area (Å²) >= 11 is 0. The van der Waals surface area contributed by atoms with E-state index in [-0.39, 0.29) is 0 Å². The maximum atomic E-state index is 10.4. The molecule has 0 N–H and O–H groups in total. The Morgan fingerprint density at radius 2 is 2.06 bits per heavy atom. The van der Waals surface area contributed by atoms with E-state index in [1.165, 1.54) is 0 Å². The van der Waals surface area contributed by atoms with Crippen LogP contribution in [0.3, 0.4) is 0 Å². The third kappa shape index (κ3) is 1.31. The van der Waals surface area contributed by atoms with Crippen LogP contribution >= 0.6 is 0 Å². The lowest BCUT2D eigenvalue weighted by Crippen LogP contribution is -2.18. The van der Waals surface area contributed by atoms with Gasteiger partial charge in [0.05, 0.1) is 0 Å². The molecule has 0 aromatic heterocycles. The average Bonchev–Trinajstić information content (AvgIpc) is 3.10. The van der Waals surface area contributed by atoms with Gasteiger partial charge in [0.25, 0.3) is 0 Å². The topological polar surface area (TPSA) is 47.9 Å². The molecule has 0 atom stereocenters. The van der Waals surface area contributed by atoms with Crippen molar-refractivity contribution in [2.45, 2.75) is 18.4 Å². The van der Waals surface area contributed by atoms with Gasteiger partial charge in [-0.3, -0.25) is 0 Å². The Balaban J connectivity index is 2.11. The van der Waals surface area contributed by atoms with Crippen LogP contribution in [0.25, 0.3) is 0 Å². The summed E-state index contributed by atoms with van der Waals surface area (Å²) in [6.07, 6.45) is 3.41. The van der Waals surface area contributed by atoms with E-state index in [0.717, 1.165) is 29.9 Å². The van der Waals surface area contributed by atoms with Crippen LogP contribution in [0.15, 0.2) is 23.2 Å². The molecule has 4 heteroatoms. The van der Waals surface area contributed by atoms with Crippen molar-refractivity contribution in [3.63, 3.8) is 0 Å². The van der Waals surface area contributed by atoms with E-state index >= 15 is 0 Å². The number of aliphatic imine (C=N–C) groups is 1. The zero-order valence-corrected chi connectivity index (χ0v) is 8.73. The highest BCUT2D eigenvalue weighted by atomic mass is 16.6. The highest BCUT2D eigenvalue weighted by Gasteiger charge is 2.47. The molecule has 1 aromatic rings. The maximum Gasteiger partial charge on any atom is 0.235 e. The molecule has 0 radical (unpaired) electrons. The lowest BCUT2D eigenvalue weighted by atomic mass is 10.0. The number of isocyanates is 1. The first-order valence-electron chi connectivity index (χ1n) is 5.34. The fraction of sp³-hybridized carbons (Fsp3) is 0.417. The molecule has 1 saturated carbocycles. The van der Waals surface area contributed by atoms with Crippen molar-refractivity contribution in [2.24, 2.45) is 4.99 Å². The summed E-state index contributed by atoms with van der Waals surface area (Å²) in [6, 6.07) is 5.73. The largest absolute Gasteiger partial charge is 0.486 e. The predicted molar refractivity (Wildman–Crippen MR) is 56.5 cm³/mol. The first kappa shape index (κ1) is 9.43. The fourth-order valence-electron chi connectivity index (χ4n) is 2.09. The van der Waals surface area contributed by atoms with Crippen LogP contribution in [0.5, 0.6) is 11.5 Å². The number of hydrogen-bond donors (Lipinski definition) is 0. The van der Waals surface area contributed by atoms with Crippen molar-refractivity contribution >= 4 is 6.08 Å². The minimum absolute atomic E-state index is 0.395. The summed E-state index contributed by atoms with van der Waals surface area (Å²) in [7, 11) is 0. The maximum absolute atomic E-state index is 10.4. The first-order chi connectivity index (χ1) is 7.86. The summed E-state index contributed by atoms with van der Waals surface area (Å²) in [5.74, 6) is 1.49. The van der Waals surface area contributed by atoms with Crippen LogP contribution in [0.4, 0.5) is 0 Å². The number of para-hydroxylation sites is 1. The Morgan fingerprint density at radius 3 is 2.81 bits per heavy atom. The summed E-state index contributed by atoms with van der Waals surface area (Å²) in [4.78, 5) is 14.3. The second kappa shape index (κ2) is 3.35. The molecule has 0 spiro atoms. The Kier molecular flexibility index (Phi) is 1.98. The SMILES string of the molecule is O=C=NC1(c2cccc3c2OCCO3)CC1. The molecule has 1 aliphatic heterocycles. The Labute approximate surface area is 92.9 Å². The van der Waals surface area contributed by atoms with Crippen molar-refractivity contribution in [1.29, 1.82) is 0 Å². The number of carbonyl (C=O) groups excluding carboxylic acids is 1. The highest BCUT2D eigenvalue weighted by Crippen LogP contribution is 2.54. The van der Waals surface area contributed by atoms with E-state index in [9.17, 15) is 4.79 Å². The molecule has 0 saturated heterocycles. The molecule has 1 heterocycles. The number of fused-ring (bicyclic) bond motifs is 1. The summed E-state index contributed by atoms with van der Waals surface area (Å²) in [5.41, 5.74) is 0.557. The van der Waals surface area contributed by atoms with Crippen molar-refractivity contribution in [3.8, 4) is 11.5 Å². The van der Waals surface area contributed by atoms with Gasteiger partial charge in [-0.2, -0.15) is 4.99 Å². The molecule has 0 unspecified atom stereocenters. The number of hydrogen-bond acceptors (Lipinski definition) is 4. The van der Waals surface area contributed by atoms with Crippen molar-refractivity contribution in [1.82, 2.24) is 0 Å². The Bertz CT molecular complexity index is 473. The van der Waals surface area contributed by atoms with Gasteiger partial charge in [0.15, 0.2) is 11.5 Å². The van der Waals surface area contributed by atoms with Gasteiger partial charge in [-0.15, -0.1) is 0 Å². The van der Waals surface area contributed by atoms with Crippen molar-refractivity contribution < 1.29 is 14.3 Å². The molecule has 0 bridgehead atoms.